The van der Waals surface area contributed by atoms with Crippen molar-refractivity contribution in [1.29, 1.82) is 0 Å². The van der Waals surface area contributed by atoms with Crippen LogP contribution >= 0.6 is 11.8 Å². The summed E-state index contributed by atoms with van der Waals surface area (Å²) >= 11 is 1.64. The number of hydrogen-bond acceptors (Lipinski definition) is 6. The van der Waals surface area contributed by atoms with E-state index < -0.39 is 0 Å². The topological polar surface area (TPSA) is 62.2 Å². The van der Waals surface area contributed by atoms with Gasteiger partial charge in [0.15, 0.2) is 0 Å². The first-order valence-electron chi connectivity index (χ1n) is 11.9. The van der Waals surface area contributed by atoms with Gasteiger partial charge in [0.25, 0.3) is 0 Å². The van der Waals surface area contributed by atoms with E-state index in [1.54, 1.807) is 42.1 Å². The Morgan fingerprint density at radius 2 is 1.76 bits per heavy atom. The number of benzene rings is 3. The Morgan fingerprint density at radius 1 is 0.971 bits per heavy atom. The molecule has 5 rings (SSSR count). The van der Waals surface area contributed by atoms with Gasteiger partial charge in [-0.25, -0.2) is 0 Å². The Kier molecular flexibility index (Phi) is 6.61. The average molecular weight is 478 g/mol. The number of ether oxygens (including phenoxy) is 2. The number of aromatic hydroxyl groups is 2. The zero-order chi connectivity index (χ0) is 23.7. The lowest BCUT2D eigenvalue weighted by atomic mass is 10.00. The molecule has 0 aromatic heterocycles. The molecule has 34 heavy (non-hydrogen) atoms. The predicted octanol–water partition coefficient (Wildman–Crippen LogP) is 6.17. The predicted molar refractivity (Wildman–Crippen MR) is 135 cm³/mol. The quantitative estimate of drug-likeness (QED) is 0.442. The van der Waals surface area contributed by atoms with E-state index in [0.29, 0.717) is 12.6 Å². The third-order valence-corrected chi connectivity index (χ3v) is 8.02. The van der Waals surface area contributed by atoms with Crippen LogP contribution in [-0.2, 0) is 0 Å². The molecule has 0 unspecified atom stereocenters. The van der Waals surface area contributed by atoms with Crippen molar-refractivity contribution in [2.24, 2.45) is 5.92 Å². The van der Waals surface area contributed by atoms with Gasteiger partial charge in [-0.05, 0) is 72.9 Å². The van der Waals surface area contributed by atoms with Crippen molar-refractivity contribution in [3.63, 3.8) is 0 Å². The third-order valence-electron chi connectivity index (χ3n) is 6.68. The maximum Gasteiger partial charge on any atom is 0.140 e. The van der Waals surface area contributed by atoms with Gasteiger partial charge in [-0.15, -0.1) is 11.8 Å². The fourth-order valence-corrected chi connectivity index (χ4v) is 6.32. The normalized spacial score (nSPS) is 24.4. The number of thioether (sulfide) groups is 1. The number of rotatable bonds is 6. The largest absolute Gasteiger partial charge is 0.508 e. The third kappa shape index (κ3) is 4.98. The van der Waals surface area contributed by atoms with Gasteiger partial charge >= 0.3 is 0 Å². The lowest BCUT2D eigenvalue weighted by Crippen LogP contribution is -2.31. The van der Waals surface area contributed by atoms with Gasteiger partial charge in [0, 0.05) is 19.1 Å². The Balaban J connectivity index is 1.32. The minimum absolute atomic E-state index is 0.0770. The van der Waals surface area contributed by atoms with Gasteiger partial charge in [0.05, 0.1) is 10.1 Å². The average Bonchev–Trinajstić information content (AvgIpc) is 3.15. The van der Waals surface area contributed by atoms with Gasteiger partial charge in [-0.2, -0.15) is 0 Å². The molecule has 0 radical (unpaired) electrons. The summed E-state index contributed by atoms with van der Waals surface area (Å²) in [6.07, 6.45) is 1.02. The maximum absolute atomic E-state index is 10.1. The van der Waals surface area contributed by atoms with Gasteiger partial charge in [-0.3, -0.25) is 4.90 Å². The molecule has 2 heterocycles. The number of hydrogen-bond donors (Lipinski definition) is 2. The summed E-state index contributed by atoms with van der Waals surface area (Å²) in [5.41, 5.74) is 2.01. The lowest BCUT2D eigenvalue weighted by Gasteiger charge is -2.34. The summed E-state index contributed by atoms with van der Waals surface area (Å²) in [7, 11) is 0. The Hall–Kier alpha value is -2.83. The van der Waals surface area contributed by atoms with Crippen molar-refractivity contribution in [3.05, 3.63) is 77.9 Å². The van der Waals surface area contributed by atoms with Crippen molar-refractivity contribution >= 4 is 11.8 Å². The Bertz CT molecular complexity index is 1140. The Labute approximate surface area is 205 Å². The minimum atomic E-state index is -0.246. The molecule has 3 aromatic carbocycles. The van der Waals surface area contributed by atoms with Gasteiger partial charge in [-0.1, -0.05) is 31.2 Å². The Morgan fingerprint density at radius 3 is 2.50 bits per heavy atom. The fraction of sp³-hybridized carbons (Fsp3) is 0.357. The number of phenols is 2. The van der Waals surface area contributed by atoms with E-state index in [-0.39, 0.29) is 22.9 Å². The van der Waals surface area contributed by atoms with Crippen molar-refractivity contribution in [2.45, 2.75) is 42.6 Å². The number of likely N-dealkylation sites (tertiary alicyclic amines) is 1. The molecule has 0 amide bonds. The molecular formula is C28H31NO4S. The summed E-state index contributed by atoms with van der Waals surface area (Å²) in [5.74, 6) is 2.80. The molecule has 0 spiro atoms. The number of fused-ring (bicyclic) bond motifs is 1. The SMILES string of the molecule is C[C@@H]1C[C@@H](C)N(CCOc2ccc([C@@H]3Oc4ccc(O)cc4S[C@@H]3c3cccc(O)c3)cc2)C1. The molecule has 2 aliphatic heterocycles. The van der Waals surface area contributed by atoms with Crippen LogP contribution in [-0.4, -0.2) is 40.9 Å². The van der Waals surface area contributed by atoms with Crippen molar-refractivity contribution in [1.82, 2.24) is 4.90 Å². The van der Waals surface area contributed by atoms with Gasteiger partial charge < -0.3 is 19.7 Å². The maximum atomic E-state index is 10.1. The molecule has 1 saturated heterocycles. The number of nitrogens with zero attached hydrogens (tertiary/aromatic N) is 1. The zero-order valence-corrected chi connectivity index (χ0v) is 20.4. The van der Waals surface area contributed by atoms with Gasteiger partial charge in [0.2, 0.25) is 0 Å². The summed E-state index contributed by atoms with van der Waals surface area (Å²) in [5, 5.41) is 19.9. The molecule has 4 atom stereocenters. The fourth-order valence-electron chi connectivity index (χ4n) is 5.00. The van der Waals surface area contributed by atoms with Crippen LogP contribution in [0, 0.1) is 5.92 Å². The van der Waals surface area contributed by atoms with Crippen LogP contribution in [0.15, 0.2) is 71.6 Å². The first-order valence-corrected chi connectivity index (χ1v) is 12.8. The highest BCUT2D eigenvalue weighted by atomic mass is 32.2. The molecule has 0 aliphatic carbocycles. The molecule has 5 nitrogen and oxygen atoms in total. The van der Waals surface area contributed by atoms with E-state index in [0.717, 1.165) is 46.5 Å². The first kappa shape index (κ1) is 22.9. The highest BCUT2D eigenvalue weighted by molar-refractivity contribution is 7.99. The molecular weight excluding hydrogens is 446 g/mol. The van der Waals surface area contributed by atoms with Crippen LogP contribution in [0.2, 0.25) is 0 Å². The molecule has 2 aliphatic rings. The monoisotopic (exact) mass is 477 g/mol. The van der Waals surface area contributed by atoms with Crippen LogP contribution in [0.25, 0.3) is 0 Å². The lowest BCUT2D eigenvalue weighted by molar-refractivity contribution is 0.190. The van der Waals surface area contributed by atoms with E-state index in [1.165, 1.54) is 6.42 Å². The summed E-state index contributed by atoms with van der Waals surface area (Å²) in [4.78, 5) is 3.39. The second kappa shape index (κ2) is 9.80. The number of phenolic OH excluding ortho intramolecular Hbond substituents is 2. The van der Waals surface area contributed by atoms with Crippen molar-refractivity contribution in [2.75, 3.05) is 19.7 Å². The van der Waals surface area contributed by atoms with Crippen molar-refractivity contribution in [3.8, 4) is 23.0 Å². The van der Waals surface area contributed by atoms with Crippen molar-refractivity contribution < 1.29 is 19.7 Å². The summed E-state index contributed by atoms with van der Waals surface area (Å²) < 4.78 is 12.5. The van der Waals surface area contributed by atoms with Crippen LogP contribution in [0.3, 0.4) is 0 Å². The molecule has 2 N–H and O–H groups in total. The highest BCUT2D eigenvalue weighted by Gasteiger charge is 2.34. The van der Waals surface area contributed by atoms with E-state index in [9.17, 15) is 10.2 Å². The van der Waals surface area contributed by atoms with Gasteiger partial charge in [0.1, 0.15) is 35.7 Å². The van der Waals surface area contributed by atoms with E-state index in [4.69, 9.17) is 9.47 Å². The molecule has 1 fully saturated rings. The molecule has 178 valence electrons. The van der Waals surface area contributed by atoms with Crippen LogP contribution in [0.5, 0.6) is 23.0 Å². The molecule has 0 bridgehead atoms. The molecule has 0 saturated carbocycles. The van der Waals surface area contributed by atoms with Crippen LogP contribution in [0.1, 0.15) is 42.7 Å². The summed E-state index contributed by atoms with van der Waals surface area (Å²) in [6, 6.07) is 21.2. The molecule has 3 aromatic rings. The zero-order valence-electron chi connectivity index (χ0n) is 19.6. The van der Waals surface area contributed by atoms with E-state index in [1.807, 2.05) is 24.3 Å². The van der Waals surface area contributed by atoms with E-state index >= 15 is 0 Å². The second-order valence-corrected chi connectivity index (χ2v) is 10.6. The summed E-state index contributed by atoms with van der Waals surface area (Å²) in [6.45, 7) is 7.37. The molecule has 6 heteroatoms. The van der Waals surface area contributed by atoms with Crippen LogP contribution in [0.4, 0.5) is 0 Å². The second-order valence-electron chi connectivity index (χ2n) is 9.41. The van der Waals surface area contributed by atoms with Crippen LogP contribution < -0.4 is 9.47 Å². The smallest absolute Gasteiger partial charge is 0.140 e. The standard InChI is InChI=1S/C28H31NO4S/c1-18-14-19(2)29(17-18)12-13-32-24-9-6-20(7-10-24)27-28(21-4-3-5-22(30)15-21)34-26-16-23(31)8-11-25(26)33-27/h3-11,15-16,18-19,27-28,30-31H,12-14,17H2,1-2H3/t18-,19-,27+,28-/m1/s1. The highest BCUT2D eigenvalue weighted by Crippen LogP contribution is 2.54. The minimum Gasteiger partial charge on any atom is -0.508 e. The first-order chi connectivity index (χ1) is 16.5. The van der Waals surface area contributed by atoms with E-state index in [2.05, 4.69) is 30.9 Å².